The van der Waals surface area contributed by atoms with E-state index in [1.165, 1.54) is 18.9 Å². The van der Waals surface area contributed by atoms with Gasteiger partial charge >= 0.3 is 12.0 Å². The molecule has 24 heavy (non-hydrogen) atoms. The van der Waals surface area contributed by atoms with Crippen LogP contribution in [0.15, 0.2) is 24.3 Å². The van der Waals surface area contributed by atoms with E-state index in [0.717, 1.165) is 0 Å². The minimum Gasteiger partial charge on any atom is -0.481 e. The van der Waals surface area contributed by atoms with Gasteiger partial charge in [0.25, 0.3) is 5.91 Å². The number of carbonyl (C=O) groups is 3. The Balaban J connectivity index is 2.58. The monoisotopic (exact) mass is 335 g/mol. The molecule has 7 nitrogen and oxygen atoms in total. The first-order valence-electron chi connectivity index (χ1n) is 7.84. The van der Waals surface area contributed by atoms with Crippen LogP contribution in [0.5, 0.6) is 0 Å². The maximum atomic E-state index is 12.0. The molecule has 0 fully saturated rings. The molecule has 132 valence electrons. The van der Waals surface area contributed by atoms with E-state index in [2.05, 4.69) is 10.6 Å². The van der Waals surface area contributed by atoms with Crippen molar-refractivity contribution in [1.29, 1.82) is 0 Å². The second-order valence-electron chi connectivity index (χ2n) is 6.23. The number of rotatable bonds is 7. The van der Waals surface area contributed by atoms with Crippen LogP contribution < -0.4 is 10.6 Å². The van der Waals surface area contributed by atoms with Crippen molar-refractivity contribution in [2.24, 2.45) is 11.8 Å². The zero-order valence-corrected chi connectivity index (χ0v) is 14.5. The second-order valence-corrected chi connectivity index (χ2v) is 6.23. The smallest absolute Gasteiger partial charge is 0.321 e. The van der Waals surface area contributed by atoms with E-state index >= 15 is 0 Å². The first-order chi connectivity index (χ1) is 11.2. The van der Waals surface area contributed by atoms with E-state index < -0.39 is 17.9 Å². The predicted octanol–water partition coefficient (Wildman–Crippen LogP) is 2.26. The van der Waals surface area contributed by atoms with Crippen LogP contribution in [0.2, 0.25) is 0 Å². The first kappa shape index (κ1) is 19.5. The van der Waals surface area contributed by atoms with Crippen molar-refractivity contribution in [2.75, 3.05) is 25.5 Å². The molecule has 1 aromatic carbocycles. The second kappa shape index (κ2) is 8.90. The number of anilines is 1. The van der Waals surface area contributed by atoms with Crippen LogP contribution in [0.25, 0.3) is 0 Å². The Bertz CT molecular complexity index is 584. The van der Waals surface area contributed by atoms with Crippen molar-refractivity contribution in [1.82, 2.24) is 10.2 Å². The zero-order valence-electron chi connectivity index (χ0n) is 14.5. The molecule has 3 amide bonds. The standard InChI is InChI=1S/C17H25N3O4/c1-11(2)9-18-15(21)13-5-7-14(8-6-13)19-17(24)20(4)10-12(3)16(22)23/h5-8,11-12H,9-10H2,1-4H3,(H,18,21)(H,19,24)(H,22,23). The molecule has 1 rings (SSSR count). The van der Waals surface area contributed by atoms with Gasteiger partial charge in [0.2, 0.25) is 0 Å². The molecule has 0 aliphatic carbocycles. The number of carbonyl (C=O) groups excluding carboxylic acids is 2. The molecule has 0 saturated heterocycles. The molecular weight excluding hydrogens is 310 g/mol. The van der Waals surface area contributed by atoms with Gasteiger partial charge in [0, 0.05) is 31.4 Å². The molecule has 0 aliphatic heterocycles. The Kier molecular flexibility index (Phi) is 7.23. The first-order valence-corrected chi connectivity index (χ1v) is 7.84. The van der Waals surface area contributed by atoms with Crippen molar-refractivity contribution in [3.8, 4) is 0 Å². The highest BCUT2D eigenvalue weighted by atomic mass is 16.4. The molecule has 0 bridgehead atoms. The van der Waals surface area contributed by atoms with Crippen molar-refractivity contribution < 1.29 is 19.5 Å². The van der Waals surface area contributed by atoms with Gasteiger partial charge in [0.15, 0.2) is 0 Å². The fourth-order valence-corrected chi connectivity index (χ4v) is 1.89. The van der Waals surface area contributed by atoms with Crippen LogP contribution >= 0.6 is 0 Å². The molecule has 0 heterocycles. The quantitative estimate of drug-likeness (QED) is 0.712. The summed E-state index contributed by atoms with van der Waals surface area (Å²) in [6.07, 6.45) is 0. The number of benzene rings is 1. The van der Waals surface area contributed by atoms with E-state index in [1.54, 1.807) is 24.3 Å². The number of hydrogen-bond donors (Lipinski definition) is 3. The van der Waals surface area contributed by atoms with Gasteiger partial charge in [-0.05, 0) is 30.2 Å². The van der Waals surface area contributed by atoms with Gasteiger partial charge in [-0.15, -0.1) is 0 Å². The molecule has 7 heteroatoms. The molecular formula is C17H25N3O4. The molecule has 3 N–H and O–H groups in total. The van der Waals surface area contributed by atoms with Crippen molar-refractivity contribution >= 4 is 23.6 Å². The summed E-state index contributed by atoms with van der Waals surface area (Å²) in [6.45, 7) is 6.28. The number of carboxylic acid groups (broad SMARTS) is 1. The number of carboxylic acids is 1. The lowest BCUT2D eigenvalue weighted by atomic mass is 10.1. The Morgan fingerprint density at radius 1 is 1.12 bits per heavy atom. The van der Waals surface area contributed by atoms with Gasteiger partial charge in [-0.25, -0.2) is 4.79 Å². The normalized spacial score (nSPS) is 11.7. The van der Waals surface area contributed by atoms with Gasteiger partial charge in [-0.1, -0.05) is 20.8 Å². The lowest BCUT2D eigenvalue weighted by Crippen LogP contribution is -2.36. The van der Waals surface area contributed by atoms with E-state index in [9.17, 15) is 14.4 Å². The number of amides is 3. The maximum Gasteiger partial charge on any atom is 0.321 e. The Hall–Kier alpha value is -2.57. The maximum absolute atomic E-state index is 12.0. The molecule has 0 radical (unpaired) electrons. The van der Waals surface area contributed by atoms with Crippen LogP contribution in [0.4, 0.5) is 10.5 Å². The van der Waals surface area contributed by atoms with E-state index in [4.69, 9.17) is 5.11 Å². The highest BCUT2D eigenvalue weighted by Gasteiger charge is 2.17. The summed E-state index contributed by atoms with van der Waals surface area (Å²) in [5, 5.41) is 14.4. The van der Waals surface area contributed by atoms with Crippen molar-refractivity contribution in [2.45, 2.75) is 20.8 Å². The van der Waals surface area contributed by atoms with Gasteiger partial charge < -0.3 is 20.6 Å². The lowest BCUT2D eigenvalue weighted by Gasteiger charge is -2.20. The Morgan fingerprint density at radius 3 is 2.21 bits per heavy atom. The average Bonchev–Trinajstić information content (AvgIpc) is 2.52. The van der Waals surface area contributed by atoms with Gasteiger partial charge in [-0.3, -0.25) is 9.59 Å². The van der Waals surface area contributed by atoms with Crippen LogP contribution in [-0.2, 0) is 4.79 Å². The largest absolute Gasteiger partial charge is 0.481 e. The molecule has 1 unspecified atom stereocenters. The molecule has 0 spiro atoms. The molecule has 1 aromatic rings. The Labute approximate surface area is 142 Å². The lowest BCUT2D eigenvalue weighted by molar-refractivity contribution is -0.141. The van der Waals surface area contributed by atoms with E-state index in [1.807, 2.05) is 13.8 Å². The van der Waals surface area contributed by atoms with Crippen molar-refractivity contribution in [3.05, 3.63) is 29.8 Å². The fourth-order valence-electron chi connectivity index (χ4n) is 1.89. The number of nitrogens with zero attached hydrogens (tertiary/aromatic N) is 1. The number of urea groups is 1. The minimum absolute atomic E-state index is 0.108. The molecule has 0 aromatic heterocycles. The summed E-state index contributed by atoms with van der Waals surface area (Å²) in [5.41, 5.74) is 1.05. The third kappa shape index (κ3) is 6.28. The Morgan fingerprint density at radius 2 is 1.71 bits per heavy atom. The minimum atomic E-state index is -0.952. The highest BCUT2D eigenvalue weighted by molar-refractivity contribution is 5.95. The molecule has 0 saturated carbocycles. The summed E-state index contributed by atoms with van der Waals surface area (Å²) in [5.74, 6) is -1.38. The molecule has 1 atom stereocenters. The molecule has 0 aliphatic rings. The van der Waals surface area contributed by atoms with Gasteiger partial charge in [0.05, 0.1) is 5.92 Å². The number of hydrogen-bond acceptors (Lipinski definition) is 3. The van der Waals surface area contributed by atoms with Gasteiger partial charge in [0.1, 0.15) is 0 Å². The third-order valence-electron chi connectivity index (χ3n) is 3.39. The summed E-state index contributed by atoms with van der Waals surface area (Å²) < 4.78 is 0. The number of aliphatic carboxylic acids is 1. The van der Waals surface area contributed by atoms with Gasteiger partial charge in [-0.2, -0.15) is 0 Å². The van der Waals surface area contributed by atoms with Crippen LogP contribution in [0, 0.1) is 11.8 Å². The van der Waals surface area contributed by atoms with Crippen LogP contribution in [0.1, 0.15) is 31.1 Å². The summed E-state index contributed by atoms with van der Waals surface area (Å²) in [7, 11) is 1.53. The van der Waals surface area contributed by atoms with Crippen molar-refractivity contribution in [3.63, 3.8) is 0 Å². The summed E-state index contributed by atoms with van der Waals surface area (Å²) in [4.78, 5) is 36.0. The van der Waals surface area contributed by atoms with E-state index in [0.29, 0.717) is 23.7 Å². The van der Waals surface area contributed by atoms with Crippen LogP contribution in [-0.4, -0.2) is 48.1 Å². The SMILES string of the molecule is CC(C)CNC(=O)c1ccc(NC(=O)N(C)CC(C)C(=O)O)cc1. The third-order valence-corrected chi connectivity index (χ3v) is 3.39. The predicted molar refractivity (Wildman–Crippen MR) is 92.1 cm³/mol. The average molecular weight is 335 g/mol. The van der Waals surface area contributed by atoms with Crippen LogP contribution in [0.3, 0.4) is 0 Å². The summed E-state index contributed by atoms with van der Waals surface area (Å²) in [6, 6.07) is 6.13. The topological polar surface area (TPSA) is 98.7 Å². The number of nitrogens with one attached hydrogen (secondary N) is 2. The fraction of sp³-hybridized carbons (Fsp3) is 0.471. The highest BCUT2D eigenvalue weighted by Crippen LogP contribution is 2.11. The summed E-state index contributed by atoms with van der Waals surface area (Å²) >= 11 is 0. The zero-order chi connectivity index (χ0) is 18.3. The van der Waals surface area contributed by atoms with E-state index in [-0.39, 0.29) is 12.5 Å².